The molecule has 1 aliphatic rings. The summed E-state index contributed by atoms with van der Waals surface area (Å²) < 4.78 is 0. The zero-order valence-corrected chi connectivity index (χ0v) is 12.1. The second-order valence-corrected chi connectivity index (χ2v) is 5.83. The minimum absolute atomic E-state index is 0.543. The molecule has 1 aromatic carbocycles. The molecule has 0 aromatic heterocycles. The maximum absolute atomic E-state index is 6.19. The maximum Gasteiger partial charge on any atom is 0.0411 e. The molecule has 2 rings (SSSR count). The Kier molecular flexibility index (Phi) is 5.04. The summed E-state index contributed by atoms with van der Waals surface area (Å²) in [6.45, 7) is 10.1. The molecule has 3 heteroatoms. The summed E-state index contributed by atoms with van der Waals surface area (Å²) in [5.74, 6) is 0.543. The molecule has 1 aromatic rings. The van der Waals surface area contributed by atoms with E-state index in [0.29, 0.717) is 5.92 Å². The average Bonchev–Trinajstić information content (AvgIpc) is 2.37. The number of nitrogens with one attached hydrogen (secondary N) is 1. The van der Waals surface area contributed by atoms with Crippen molar-refractivity contribution in [1.29, 1.82) is 0 Å². The molecule has 0 saturated carbocycles. The standard InChI is InChI=1S/C15H23ClN2/c1-12(2)14-9-13(10-15(16)11-14)3-6-18-7-4-17-5-8-18/h9-12,17H,3-8H2,1-2H3. The zero-order valence-electron chi connectivity index (χ0n) is 11.4. The van der Waals surface area contributed by atoms with Crippen LogP contribution in [0.25, 0.3) is 0 Å². The number of halogens is 1. The van der Waals surface area contributed by atoms with E-state index in [9.17, 15) is 0 Å². The molecular weight excluding hydrogens is 244 g/mol. The average molecular weight is 267 g/mol. The fraction of sp³-hybridized carbons (Fsp3) is 0.600. The Bertz CT molecular complexity index is 384. The third-order valence-corrected chi connectivity index (χ3v) is 3.79. The van der Waals surface area contributed by atoms with Crippen LogP contribution in [0.15, 0.2) is 18.2 Å². The molecule has 0 atom stereocenters. The Hall–Kier alpha value is -0.570. The quantitative estimate of drug-likeness (QED) is 0.902. The van der Waals surface area contributed by atoms with Gasteiger partial charge in [-0.25, -0.2) is 0 Å². The lowest BCUT2D eigenvalue weighted by molar-refractivity contribution is 0.244. The van der Waals surface area contributed by atoms with Gasteiger partial charge in [0.2, 0.25) is 0 Å². The van der Waals surface area contributed by atoms with Crippen LogP contribution in [0.5, 0.6) is 0 Å². The van der Waals surface area contributed by atoms with Crippen LogP contribution < -0.4 is 5.32 Å². The predicted octanol–water partition coefficient (Wildman–Crippen LogP) is 2.91. The lowest BCUT2D eigenvalue weighted by Gasteiger charge is -2.27. The molecule has 0 aliphatic carbocycles. The molecule has 0 unspecified atom stereocenters. The third kappa shape index (κ3) is 3.98. The molecule has 0 radical (unpaired) electrons. The van der Waals surface area contributed by atoms with Gasteiger partial charge in [-0.3, -0.25) is 0 Å². The Morgan fingerprint density at radius 2 is 1.94 bits per heavy atom. The fourth-order valence-electron chi connectivity index (χ4n) is 2.38. The molecule has 0 amide bonds. The summed E-state index contributed by atoms with van der Waals surface area (Å²) in [5, 5.41) is 4.26. The van der Waals surface area contributed by atoms with Crippen LogP contribution in [-0.2, 0) is 6.42 Å². The van der Waals surface area contributed by atoms with Gasteiger partial charge in [-0.1, -0.05) is 31.5 Å². The molecule has 2 nitrogen and oxygen atoms in total. The van der Waals surface area contributed by atoms with E-state index in [-0.39, 0.29) is 0 Å². The predicted molar refractivity (Wildman–Crippen MR) is 78.6 cm³/mol. The summed E-state index contributed by atoms with van der Waals surface area (Å²) >= 11 is 6.19. The molecular formula is C15H23ClN2. The van der Waals surface area contributed by atoms with Crippen molar-refractivity contribution in [1.82, 2.24) is 10.2 Å². The van der Waals surface area contributed by atoms with Gasteiger partial charge >= 0.3 is 0 Å². The molecule has 1 N–H and O–H groups in total. The number of piperazine rings is 1. The van der Waals surface area contributed by atoms with Gasteiger partial charge in [0.1, 0.15) is 0 Å². The third-order valence-electron chi connectivity index (χ3n) is 3.57. The molecule has 100 valence electrons. The topological polar surface area (TPSA) is 15.3 Å². The van der Waals surface area contributed by atoms with E-state index >= 15 is 0 Å². The van der Waals surface area contributed by atoms with Crippen molar-refractivity contribution in [3.05, 3.63) is 34.3 Å². The van der Waals surface area contributed by atoms with Crippen LogP contribution >= 0.6 is 11.6 Å². The van der Waals surface area contributed by atoms with Crippen molar-refractivity contribution in [3.8, 4) is 0 Å². The van der Waals surface area contributed by atoms with E-state index in [2.05, 4.69) is 42.3 Å². The van der Waals surface area contributed by atoms with E-state index in [1.807, 2.05) is 0 Å². The minimum Gasteiger partial charge on any atom is -0.314 e. The molecule has 1 saturated heterocycles. The van der Waals surface area contributed by atoms with Gasteiger partial charge in [0.25, 0.3) is 0 Å². The normalized spacial score (nSPS) is 17.3. The summed E-state index contributed by atoms with van der Waals surface area (Å²) in [4.78, 5) is 2.52. The van der Waals surface area contributed by atoms with E-state index in [4.69, 9.17) is 11.6 Å². The van der Waals surface area contributed by atoms with Crippen LogP contribution in [-0.4, -0.2) is 37.6 Å². The highest BCUT2D eigenvalue weighted by Gasteiger charge is 2.10. The first-order valence-electron chi connectivity index (χ1n) is 6.87. The molecule has 0 bridgehead atoms. The second kappa shape index (κ2) is 6.55. The Morgan fingerprint density at radius 3 is 2.61 bits per heavy atom. The Labute approximate surface area is 115 Å². The SMILES string of the molecule is CC(C)c1cc(Cl)cc(CCN2CCNCC2)c1. The van der Waals surface area contributed by atoms with Crippen molar-refractivity contribution in [2.45, 2.75) is 26.2 Å². The number of hydrogen-bond donors (Lipinski definition) is 1. The summed E-state index contributed by atoms with van der Waals surface area (Å²) in [7, 11) is 0. The highest BCUT2D eigenvalue weighted by molar-refractivity contribution is 6.30. The van der Waals surface area contributed by atoms with Crippen molar-refractivity contribution < 1.29 is 0 Å². The lowest BCUT2D eigenvalue weighted by Crippen LogP contribution is -2.44. The highest BCUT2D eigenvalue weighted by atomic mass is 35.5. The maximum atomic E-state index is 6.19. The molecule has 18 heavy (non-hydrogen) atoms. The lowest BCUT2D eigenvalue weighted by atomic mass is 9.99. The molecule has 1 heterocycles. The van der Waals surface area contributed by atoms with E-state index in [1.54, 1.807) is 0 Å². The second-order valence-electron chi connectivity index (χ2n) is 5.39. The van der Waals surface area contributed by atoms with Crippen molar-refractivity contribution in [3.63, 3.8) is 0 Å². The van der Waals surface area contributed by atoms with Gasteiger partial charge < -0.3 is 10.2 Å². The largest absolute Gasteiger partial charge is 0.314 e. The molecule has 1 aliphatic heterocycles. The summed E-state index contributed by atoms with van der Waals surface area (Å²) in [5.41, 5.74) is 2.71. The van der Waals surface area contributed by atoms with Gasteiger partial charge in [0, 0.05) is 37.7 Å². The van der Waals surface area contributed by atoms with Crippen LogP contribution in [0, 0.1) is 0 Å². The number of nitrogens with zero attached hydrogens (tertiary/aromatic N) is 1. The van der Waals surface area contributed by atoms with Gasteiger partial charge in [-0.15, -0.1) is 0 Å². The van der Waals surface area contributed by atoms with Crippen molar-refractivity contribution in [2.24, 2.45) is 0 Å². The van der Waals surface area contributed by atoms with E-state index in [1.165, 1.54) is 11.1 Å². The van der Waals surface area contributed by atoms with Crippen LogP contribution in [0.2, 0.25) is 5.02 Å². The number of hydrogen-bond acceptors (Lipinski definition) is 2. The minimum atomic E-state index is 0.543. The van der Waals surface area contributed by atoms with Crippen LogP contribution in [0.4, 0.5) is 0 Å². The van der Waals surface area contributed by atoms with Gasteiger partial charge in [-0.2, -0.15) is 0 Å². The molecule has 0 spiro atoms. The summed E-state index contributed by atoms with van der Waals surface area (Å²) in [6, 6.07) is 6.49. The van der Waals surface area contributed by atoms with E-state index < -0.39 is 0 Å². The summed E-state index contributed by atoms with van der Waals surface area (Å²) in [6.07, 6.45) is 1.10. The van der Waals surface area contributed by atoms with Crippen LogP contribution in [0.1, 0.15) is 30.9 Å². The first-order valence-corrected chi connectivity index (χ1v) is 7.25. The van der Waals surface area contributed by atoms with Gasteiger partial charge in [0.15, 0.2) is 0 Å². The smallest absolute Gasteiger partial charge is 0.0411 e. The zero-order chi connectivity index (χ0) is 13.0. The first-order chi connectivity index (χ1) is 8.65. The van der Waals surface area contributed by atoms with Crippen molar-refractivity contribution >= 4 is 11.6 Å². The first kappa shape index (κ1) is 13.9. The highest BCUT2D eigenvalue weighted by Crippen LogP contribution is 2.22. The molecule has 1 fully saturated rings. The van der Waals surface area contributed by atoms with Crippen molar-refractivity contribution in [2.75, 3.05) is 32.7 Å². The number of benzene rings is 1. The Balaban J connectivity index is 1.95. The Morgan fingerprint density at radius 1 is 1.22 bits per heavy atom. The number of rotatable bonds is 4. The van der Waals surface area contributed by atoms with Gasteiger partial charge in [0.05, 0.1) is 0 Å². The fourth-order valence-corrected chi connectivity index (χ4v) is 2.64. The monoisotopic (exact) mass is 266 g/mol. The van der Waals surface area contributed by atoms with Gasteiger partial charge in [-0.05, 0) is 35.6 Å². The van der Waals surface area contributed by atoms with E-state index in [0.717, 1.165) is 44.2 Å². The van der Waals surface area contributed by atoms with Crippen LogP contribution in [0.3, 0.4) is 0 Å².